The Hall–Kier alpha value is -2.58. The zero-order valence-electron chi connectivity index (χ0n) is 16.8. The molecule has 1 aromatic carbocycles. The van der Waals surface area contributed by atoms with Gasteiger partial charge in [-0.25, -0.2) is 9.97 Å². The lowest BCUT2D eigenvalue weighted by atomic mass is 9.85. The maximum atomic E-state index is 6.00. The van der Waals surface area contributed by atoms with Crippen molar-refractivity contribution in [1.82, 2.24) is 14.9 Å². The van der Waals surface area contributed by atoms with Crippen molar-refractivity contribution in [3.05, 3.63) is 35.9 Å². The molecular weight excluding hydrogens is 366 g/mol. The minimum Gasteiger partial charge on any atom is -0.395 e. The van der Waals surface area contributed by atoms with Crippen molar-refractivity contribution in [2.45, 2.75) is 31.7 Å². The van der Waals surface area contributed by atoms with Crippen LogP contribution in [0.1, 0.15) is 31.2 Å². The zero-order chi connectivity index (χ0) is 20.2. The van der Waals surface area contributed by atoms with E-state index >= 15 is 0 Å². The topological polar surface area (TPSA) is 128 Å². The molecule has 1 saturated heterocycles. The van der Waals surface area contributed by atoms with Crippen LogP contribution < -0.4 is 22.5 Å². The maximum Gasteiger partial charge on any atom is 0.137 e. The van der Waals surface area contributed by atoms with E-state index in [4.69, 9.17) is 21.9 Å². The Morgan fingerprint density at radius 1 is 1.07 bits per heavy atom. The fourth-order valence-electron chi connectivity index (χ4n) is 4.43. The number of aromatic nitrogens is 2. The van der Waals surface area contributed by atoms with Gasteiger partial charge in [-0.2, -0.15) is 0 Å². The summed E-state index contributed by atoms with van der Waals surface area (Å²) in [5.74, 6) is 1.61. The Balaban J connectivity index is 1.39. The third-order valence-corrected chi connectivity index (χ3v) is 6.19. The van der Waals surface area contributed by atoms with E-state index in [0.29, 0.717) is 17.7 Å². The van der Waals surface area contributed by atoms with Gasteiger partial charge in [-0.05, 0) is 43.7 Å². The van der Waals surface area contributed by atoms with Gasteiger partial charge in [0.25, 0.3) is 0 Å². The molecule has 7 N–H and O–H groups in total. The van der Waals surface area contributed by atoms with Gasteiger partial charge in [0.15, 0.2) is 0 Å². The first kappa shape index (κ1) is 19.7. The van der Waals surface area contributed by atoms with Gasteiger partial charge in [0, 0.05) is 36.6 Å². The monoisotopic (exact) mass is 397 g/mol. The van der Waals surface area contributed by atoms with E-state index in [9.17, 15) is 0 Å². The van der Waals surface area contributed by atoms with Gasteiger partial charge in [-0.15, -0.1) is 0 Å². The van der Waals surface area contributed by atoms with E-state index < -0.39 is 0 Å². The van der Waals surface area contributed by atoms with Gasteiger partial charge >= 0.3 is 0 Å². The Morgan fingerprint density at radius 3 is 2.55 bits per heavy atom. The highest BCUT2D eigenvalue weighted by Gasteiger charge is 2.26. The summed E-state index contributed by atoms with van der Waals surface area (Å²) < 4.78 is 5.48. The summed E-state index contributed by atoms with van der Waals surface area (Å²) in [5, 5.41) is 4.47. The molecular formula is C21H31N7O. The second-order valence-electron chi connectivity index (χ2n) is 8.03. The van der Waals surface area contributed by atoms with Gasteiger partial charge < -0.3 is 27.3 Å². The molecule has 1 aromatic heterocycles. The first-order chi connectivity index (χ1) is 14.1. The molecule has 2 heterocycles. The van der Waals surface area contributed by atoms with Gasteiger partial charge in [0.1, 0.15) is 18.0 Å². The zero-order valence-corrected chi connectivity index (χ0v) is 16.8. The Morgan fingerprint density at radius 2 is 1.83 bits per heavy atom. The number of rotatable bonds is 5. The average Bonchev–Trinajstić information content (AvgIpc) is 2.77. The molecule has 2 fully saturated rings. The smallest absolute Gasteiger partial charge is 0.137 e. The lowest BCUT2D eigenvalue weighted by Gasteiger charge is -2.38. The molecule has 0 spiro atoms. The highest BCUT2D eigenvalue weighted by atomic mass is 16.5. The van der Waals surface area contributed by atoms with Crippen molar-refractivity contribution in [3.63, 3.8) is 0 Å². The Labute approximate surface area is 171 Å². The van der Waals surface area contributed by atoms with Crippen molar-refractivity contribution < 1.29 is 4.74 Å². The molecule has 1 aliphatic heterocycles. The van der Waals surface area contributed by atoms with Crippen LogP contribution in [-0.2, 0) is 4.74 Å². The van der Waals surface area contributed by atoms with Crippen molar-refractivity contribution in [3.8, 4) is 0 Å². The molecule has 4 rings (SSSR count). The number of nitrogens with one attached hydrogen (secondary N) is 1. The van der Waals surface area contributed by atoms with Gasteiger partial charge in [-0.1, -0.05) is 6.07 Å². The predicted octanol–water partition coefficient (Wildman–Crippen LogP) is 1.43. The van der Waals surface area contributed by atoms with Crippen molar-refractivity contribution in [2.75, 3.05) is 38.2 Å². The number of nitrogens with two attached hydrogens (primary N) is 3. The summed E-state index contributed by atoms with van der Waals surface area (Å²) in [6, 6.07) is 6.46. The molecule has 1 saturated carbocycles. The van der Waals surface area contributed by atoms with E-state index in [1.807, 2.05) is 18.2 Å². The minimum atomic E-state index is 0.118. The number of nitrogens with zero attached hydrogens (tertiary/aromatic N) is 3. The van der Waals surface area contributed by atoms with Crippen LogP contribution in [0.3, 0.4) is 0 Å². The lowest BCUT2D eigenvalue weighted by molar-refractivity contribution is 0.00540. The van der Waals surface area contributed by atoms with Crippen molar-refractivity contribution in [2.24, 2.45) is 23.1 Å². The SMILES string of the molecule is NC(N)=C(N)c1ccc2ncnc(NCC3CCC(N4CCOCC4)CC3)c2c1. The molecule has 8 heteroatoms. The third kappa shape index (κ3) is 4.54. The predicted molar refractivity (Wildman–Crippen MR) is 116 cm³/mol. The van der Waals surface area contributed by atoms with Crippen LogP contribution in [0.15, 0.2) is 30.3 Å². The van der Waals surface area contributed by atoms with E-state index in [-0.39, 0.29) is 5.82 Å². The quantitative estimate of drug-likeness (QED) is 0.596. The number of hydrogen-bond donors (Lipinski definition) is 4. The van der Waals surface area contributed by atoms with E-state index in [0.717, 1.165) is 55.1 Å². The minimum absolute atomic E-state index is 0.118. The first-order valence-electron chi connectivity index (χ1n) is 10.4. The first-order valence-corrected chi connectivity index (χ1v) is 10.4. The summed E-state index contributed by atoms with van der Waals surface area (Å²) in [7, 11) is 0. The van der Waals surface area contributed by atoms with E-state index in [1.54, 1.807) is 6.33 Å². The number of benzene rings is 1. The van der Waals surface area contributed by atoms with E-state index in [2.05, 4.69) is 20.2 Å². The second-order valence-corrected chi connectivity index (χ2v) is 8.03. The largest absolute Gasteiger partial charge is 0.395 e. The fourth-order valence-corrected chi connectivity index (χ4v) is 4.43. The maximum absolute atomic E-state index is 6.00. The van der Waals surface area contributed by atoms with Crippen LogP contribution in [0, 0.1) is 5.92 Å². The highest BCUT2D eigenvalue weighted by Crippen LogP contribution is 2.29. The fraction of sp³-hybridized carbons (Fsp3) is 0.524. The molecule has 2 aliphatic rings. The molecule has 29 heavy (non-hydrogen) atoms. The summed E-state index contributed by atoms with van der Waals surface area (Å²) in [6.07, 6.45) is 6.60. The average molecular weight is 398 g/mol. The molecule has 2 aromatic rings. The Bertz CT molecular complexity index is 866. The standard InChI is InChI=1S/C21H31N7O/c22-19(20(23)24)15-3-6-18-17(11-15)21(27-13-26-18)25-12-14-1-4-16(5-2-14)28-7-9-29-10-8-28/h3,6,11,13-14,16H,1-2,4-5,7-10,12,22-24H2,(H,25,26,27). The van der Waals surface area contributed by atoms with Crippen molar-refractivity contribution >= 4 is 22.4 Å². The molecule has 0 radical (unpaired) electrons. The van der Waals surface area contributed by atoms with Gasteiger partial charge in [0.2, 0.25) is 0 Å². The second kappa shape index (κ2) is 8.84. The number of morpholine rings is 1. The van der Waals surface area contributed by atoms with Crippen molar-refractivity contribution in [1.29, 1.82) is 0 Å². The van der Waals surface area contributed by atoms with Gasteiger partial charge in [0.05, 0.1) is 24.4 Å². The summed E-state index contributed by atoms with van der Waals surface area (Å²) in [6.45, 7) is 4.82. The number of anilines is 1. The van der Waals surface area contributed by atoms with Crippen LogP contribution in [0.2, 0.25) is 0 Å². The summed E-state index contributed by atoms with van der Waals surface area (Å²) in [5.41, 5.74) is 19.3. The third-order valence-electron chi connectivity index (χ3n) is 6.19. The molecule has 1 aliphatic carbocycles. The molecule has 0 bridgehead atoms. The molecule has 156 valence electrons. The number of hydrogen-bond acceptors (Lipinski definition) is 8. The van der Waals surface area contributed by atoms with Crippen LogP contribution in [0.5, 0.6) is 0 Å². The summed E-state index contributed by atoms with van der Waals surface area (Å²) in [4.78, 5) is 11.4. The van der Waals surface area contributed by atoms with Crippen LogP contribution >= 0.6 is 0 Å². The molecule has 8 nitrogen and oxygen atoms in total. The van der Waals surface area contributed by atoms with Crippen LogP contribution in [-0.4, -0.2) is 53.8 Å². The molecule has 0 amide bonds. The van der Waals surface area contributed by atoms with Crippen LogP contribution in [0.4, 0.5) is 5.82 Å². The number of ether oxygens (including phenoxy) is 1. The summed E-state index contributed by atoms with van der Waals surface area (Å²) >= 11 is 0. The molecule has 0 unspecified atom stereocenters. The Kier molecular flexibility index (Phi) is 6.01. The normalized spacial score (nSPS) is 23.0. The highest BCUT2D eigenvalue weighted by molar-refractivity contribution is 5.91. The van der Waals surface area contributed by atoms with Crippen LogP contribution in [0.25, 0.3) is 16.6 Å². The molecule has 0 atom stereocenters. The lowest BCUT2D eigenvalue weighted by Crippen LogP contribution is -2.45. The van der Waals surface area contributed by atoms with E-state index in [1.165, 1.54) is 25.7 Å². The number of fused-ring (bicyclic) bond motifs is 1. The van der Waals surface area contributed by atoms with Gasteiger partial charge in [-0.3, -0.25) is 4.90 Å².